The number of benzene rings is 1. The van der Waals surface area contributed by atoms with E-state index in [1.54, 1.807) is 0 Å². The second kappa shape index (κ2) is 8.40. The largest absolute Gasteiger partial charge is 0.354 e. The molecule has 21 heavy (non-hydrogen) atoms. The van der Waals surface area contributed by atoms with E-state index in [0.29, 0.717) is 13.0 Å². The van der Waals surface area contributed by atoms with Crippen molar-refractivity contribution in [3.8, 4) is 0 Å². The summed E-state index contributed by atoms with van der Waals surface area (Å²) in [5, 5.41) is 3.86. The first-order chi connectivity index (χ1) is 10.2. The van der Waals surface area contributed by atoms with Crippen molar-refractivity contribution in [2.75, 3.05) is 19.6 Å². The molecular formula is C17H25ClN2O. The molecule has 0 radical (unpaired) electrons. The summed E-state index contributed by atoms with van der Waals surface area (Å²) in [5.41, 5.74) is 1.12. The number of piperidine rings is 1. The first-order valence-electron chi connectivity index (χ1n) is 7.97. The summed E-state index contributed by atoms with van der Waals surface area (Å²) >= 11 is 6.38. The number of carbonyl (C=O) groups excluding carboxylic acids is 1. The summed E-state index contributed by atoms with van der Waals surface area (Å²) in [6, 6.07) is 8.16. The number of rotatable bonds is 6. The number of hydrogen-bond acceptors (Lipinski definition) is 2. The van der Waals surface area contributed by atoms with Crippen LogP contribution in [0, 0.1) is 0 Å². The van der Waals surface area contributed by atoms with Crippen molar-refractivity contribution in [2.45, 2.75) is 45.1 Å². The first kappa shape index (κ1) is 16.3. The van der Waals surface area contributed by atoms with Crippen LogP contribution in [-0.4, -0.2) is 30.4 Å². The van der Waals surface area contributed by atoms with Gasteiger partial charge in [0.15, 0.2) is 0 Å². The third-order valence-electron chi connectivity index (χ3n) is 4.07. The quantitative estimate of drug-likeness (QED) is 0.867. The van der Waals surface area contributed by atoms with E-state index in [4.69, 9.17) is 11.6 Å². The highest BCUT2D eigenvalue weighted by Gasteiger charge is 2.24. The molecule has 2 rings (SSSR count). The molecule has 0 spiro atoms. The van der Waals surface area contributed by atoms with E-state index in [1.807, 2.05) is 25.1 Å². The molecule has 1 amide bonds. The molecule has 1 fully saturated rings. The van der Waals surface area contributed by atoms with E-state index in [9.17, 15) is 4.79 Å². The standard InChI is InChI=1S/C17H25ClN2O/c1-2-8-17(21)19-13-16(20-11-6-3-7-12-20)14-9-4-5-10-15(14)18/h4-5,9-10,16H,2-3,6-8,11-13H2,1H3,(H,19,21)/t16-/m0/s1. The number of hydrogen-bond donors (Lipinski definition) is 1. The molecule has 1 aliphatic heterocycles. The molecule has 0 aromatic heterocycles. The van der Waals surface area contributed by atoms with E-state index in [0.717, 1.165) is 30.1 Å². The molecule has 1 aliphatic rings. The van der Waals surface area contributed by atoms with Gasteiger partial charge in [-0.3, -0.25) is 9.69 Å². The van der Waals surface area contributed by atoms with Crippen molar-refractivity contribution in [2.24, 2.45) is 0 Å². The Hall–Kier alpha value is -1.06. The third kappa shape index (κ3) is 4.72. The van der Waals surface area contributed by atoms with Crippen molar-refractivity contribution in [1.82, 2.24) is 10.2 Å². The predicted octanol–water partition coefficient (Wildman–Crippen LogP) is 3.78. The molecule has 1 heterocycles. The highest BCUT2D eigenvalue weighted by Crippen LogP contribution is 2.29. The maximum atomic E-state index is 11.8. The highest BCUT2D eigenvalue weighted by atomic mass is 35.5. The molecule has 4 heteroatoms. The van der Waals surface area contributed by atoms with Gasteiger partial charge in [-0.2, -0.15) is 0 Å². The van der Waals surface area contributed by atoms with Crippen LogP contribution >= 0.6 is 11.6 Å². The topological polar surface area (TPSA) is 32.3 Å². The lowest BCUT2D eigenvalue weighted by atomic mass is 10.0. The van der Waals surface area contributed by atoms with E-state index in [1.165, 1.54) is 19.3 Å². The van der Waals surface area contributed by atoms with Crippen LogP contribution in [0.3, 0.4) is 0 Å². The SMILES string of the molecule is CCCC(=O)NC[C@@H](c1ccccc1Cl)N1CCCCC1. The number of nitrogens with one attached hydrogen (secondary N) is 1. The minimum absolute atomic E-state index is 0.131. The van der Waals surface area contributed by atoms with Gasteiger partial charge in [0.1, 0.15) is 0 Å². The molecule has 0 bridgehead atoms. The molecule has 116 valence electrons. The molecule has 0 saturated carbocycles. The second-order valence-electron chi connectivity index (χ2n) is 5.69. The van der Waals surface area contributed by atoms with E-state index in [2.05, 4.69) is 16.3 Å². The van der Waals surface area contributed by atoms with Gasteiger partial charge in [-0.1, -0.05) is 43.1 Å². The molecule has 3 nitrogen and oxygen atoms in total. The summed E-state index contributed by atoms with van der Waals surface area (Å²) in [5.74, 6) is 0.131. The molecular weight excluding hydrogens is 284 g/mol. The van der Waals surface area contributed by atoms with Gasteiger partial charge in [0.05, 0.1) is 6.04 Å². The average Bonchev–Trinajstić information content (AvgIpc) is 2.50. The van der Waals surface area contributed by atoms with Crippen molar-refractivity contribution in [1.29, 1.82) is 0 Å². The minimum Gasteiger partial charge on any atom is -0.354 e. The lowest BCUT2D eigenvalue weighted by Gasteiger charge is -2.35. The zero-order valence-electron chi connectivity index (χ0n) is 12.8. The molecule has 0 aliphatic carbocycles. The summed E-state index contributed by atoms with van der Waals surface area (Å²) in [4.78, 5) is 14.2. The number of likely N-dealkylation sites (tertiary alicyclic amines) is 1. The highest BCUT2D eigenvalue weighted by molar-refractivity contribution is 6.31. The Labute approximate surface area is 132 Å². The Morgan fingerprint density at radius 3 is 2.67 bits per heavy atom. The molecule has 1 N–H and O–H groups in total. The minimum atomic E-state index is 0.131. The fraction of sp³-hybridized carbons (Fsp3) is 0.588. The van der Waals surface area contributed by atoms with E-state index in [-0.39, 0.29) is 11.9 Å². The van der Waals surface area contributed by atoms with Crippen LogP contribution in [0.1, 0.15) is 50.6 Å². The van der Waals surface area contributed by atoms with Gasteiger partial charge in [-0.15, -0.1) is 0 Å². The maximum Gasteiger partial charge on any atom is 0.220 e. The summed E-state index contributed by atoms with van der Waals surface area (Å²) in [6.07, 6.45) is 5.23. The van der Waals surface area contributed by atoms with Crippen LogP contribution in [0.4, 0.5) is 0 Å². The normalized spacial score (nSPS) is 17.4. The van der Waals surface area contributed by atoms with Crippen molar-refractivity contribution >= 4 is 17.5 Å². The zero-order valence-corrected chi connectivity index (χ0v) is 13.5. The van der Waals surface area contributed by atoms with Crippen LogP contribution in [-0.2, 0) is 4.79 Å². The van der Waals surface area contributed by atoms with Gasteiger partial charge in [0.25, 0.3) is 0 Å². The maximum absolute atomic E-state index is 11.8. The molecule has 1 aromatic carbocycles. The average molecular weight is 309 g/mol. The van der Waals surface area contributed by atoms with Gasteiger partial charge >= 0.3 is 0 Å². The number of carbonyl (C=O) groups is 1. The Balaban J connectivity index is 2.10. The van der Waals surface area contributed by atoms with Crippen LogP contribution in [0.2, 0.25) is 5.02 Å². The molecule has 1 atom stereocenters. The third-order valence-corrected chi connectivity index (χ3v) is 4.41. The second-order valence-corrected chi connectivity index (χ2v) is 6.10. The fourth-order valence-electron chi connectivity index (χ4n) is 2.94. The lowest BCUT2D eigenvalue weighted by molar-refractivity contribution is -0.121. The van der Waals surface area contributed by atoms with Crippen molar-refractivity contribution in [3.63, 3.8) is 0 Å². The van der Waals surface area contributed by atoms with Crippen molar-refractivity contribution < 1.29 is 4.79 Å². The van der Waals surface area contributed by atoms with Crippen LogP contribution < -0.4 is 5.32 Å². The smallest absolute Gasteiger partial charge is 0.220 e. The first-order valence-corrected chi connectivity index (χ1v) is 8.35. The van der Waals surface area contributed by atoms with Crippen LogP contribution in [0.5, 0.6) is 0 Å². The van der Waals surface area contributed by atoms with Crippen LogP contribution in [0.25, 0.3) is 0 Å². The van der Waals surface area contributed by atoms with Gasteiger partial charge in [-0.25, -0.2) is 0 Å². The van der Waals surface area contributed by atoms with Gasteiger partial charge < -0.3 is 5.32 Å². The Morgan fingerprint density at radius 2 is 2.00 bits per heavy atom. The number of halogens is 1. The number of nitrogens with zero attached hydrogens (tertiary/aromatic N) is 1. The fourth-order valence-corrected chi connectivity index (χ4v) is 3.20. The molecule has 1 saturated heterocycles. The summed E-state index contributed by atoms with van der Waals surface area (Å²) in [6.45, 7) is 4.83. The van der Waals surface area contributed by atoms with Gasteiger partial charge in [0, 0.05) is 18.0 Å². The van der Waals surface area contributed by atoms with Crippen molar-refractivity contribution in [3.05, 3.63) is 34.9 Å². The Kier molecular flexibility index (Phi) is 6.52. The molecule has 0 unspecified atom stereocenters. The van der Waals surface area contributed by atoms with Gasteiger partial charge in [-0.05, 0) is 44.0 Å². The number of amides is 1. The lowest BCUT2D eigenvalue weighted by Crippen LogP contribution is -2.40. The predicted molar refractivity (Wildman–Crippen MR) is 87.5 cm³/mol. The van der Waals surface area contributed by atoms with E-state index >= 15 is 0 Å². The van der Waals surface area contributed by atoms with Crippen LogP contribution in [0.15, 0.2) is 24.3 Å². The monoisotopic (exact) mass is 308 g/mol. The Bertz CT molecular complexity index is 458. The molecule has 1 aromatic rings. The summed E-state index contributed by atoms with van der Waals surface area (Å²) in [7, 11) is 0. The summed E-state index contributed by atoms with van der Waals surface area (Å²) < 4.78 is 0. The van der Waals surface area contributed by atoms with Gasteiger partial charge in [0.2, 0.25) is 5.91 Å². The Morgan fingerprint density at radius 1 is 1.29 bits per heavy atom. The zero-order chi connectivity index (χ0) is 15.1. The van der Waals surface area contributed by atoms with E-state index < -0.39 is 0 Å².